The summed E-state index contributed by atoms with van der Waals surface area (Å²) in [6, 6.07) is 0. The van der Waals surface area contributed by atoms with Crippen LogP contribution >= 0.6 is 0 Å². The molecule has 1 fully saturated rings. The van der Waals surface area contributed by atoms with Crippen LogP contribution in [-0.2, 0) is 0 Å². The Labute approximate surface area is 42.8 Å². The molecule has 1 saturated carbocycles. The van der Waals surface area contributed by atoms with Crippen LogP contribution in [0.1, 0.15) is 19.8 Å². The van der Waals surface area contributed by atoms with Gasteiger partial charge in [-0.25, -0.2) is 0 Å². The summed E-state index contributed by atoms with van der Waals surface area (Å²) in [5, 5.41) is 17.5. The van der Waals surface area contributed by atoms with E-state index < -0.39 is 5.60 Å². The van der Waals surface area contributed by atoms with Crippen LogP contribution in [0.5, 0.6) is 0 Å². The maximum Gasteiger partial charge on any atom is 0.0669 e. The summed E-state index contributed by atoms with van der Waals surface area (Å²) >= 11 is 0. The van der Waals surface area contributed by atoms with Crippen molar-refractivity contribution in [3.8, 4) is 0 Å². The topological polar surface area (TPSA) is 40.5 Å². The van der Waals surface area contributed by atoms with Gasteiger partial charge in [0.05, 0.1) is 11.7 Å². The molecule has 0 saturated heterocycles. The van der Waals surface area contributed by atoms with Crippen molar-refractivity contribution in [3.63, 3.8) is 0 Å². The van der Waals surface area contributed by atoms with E-state index >= 15 is 0 Å². The Morgan fingerprint density at radius 2 is 2.00 bits per heavy atom. The highest BCUT2D eigenvalue weighted by atomic mass is 16.3. The summed E-state index contributed by atoms with van der Waals surface area (Å²) in [6.45, 7) is 1.74. The van der Waals surface area contributed by atoms with Crippen LogP contribution in [0.4, 0.5) is 0 Å². The molecule has 2 heteroatoms. The Hall–Kier alpha value is -0.0800. The molecule has 0 aliphatic heterocycles. The lowest BCUT2D eigenvalue weighted by Gasteiger charge is -2.37. The smallest absolute Gasteiger partial charge is 0.0669 e. The van der Waals surface area contributed by atoms with Gasteiger partial charge in [-0.1, -0.05) is 0 Å². The maximum atomic E-state index is 8.92. The van der Waals surface area contributed by atoms with Crippen molar-refractivity contribution in [2.24, 2.45) is 0 Å². The van der Waals surface area contributed by atoms with E-state index in [4.69, 9.17) is 10.2 Å². The zero-order chi connectivity index (χ0) is 5.49. The van der Waals surface area contributed by atoms with Crippen molar-refractivity contribution < 1.29 is 10.2 Å². The highest BCUT2D eigenvalue weighted by Crippen LogP contribution is 2.30. The number of hydrogen-bond acceptors (Lipinski definition) is 2. The maximum absolute atomic E-state index is 8.92. The Kier molecular flexibility index (Phi) is 0.869. The SMILES string of the molecule is CC1(O)CC(O)C1. The second-order valence-electron chi connectivity index (χ2n) is 2.56. The van der Waals surface area contributed by atoms with Gasteiger partial charge in [-0.15, -0.1) is 0 Å². The zero-order valence-corrected chi connectivity index (χ0v) is 4.39. The van der Waals surface area contributed by atoms with Gasteiger partial charge >= 0.3 is 0 Å². The van der Waals surface area contributed by atoms with Gasteiger partial charge in [0.1, 0.15) is 0 Å². The lowest BCUT2D eigenvalue weighted by Crippen LogP contribution is -2.44. The first-order chi connectivity index (χ1) is 3.10. The first kappa shape index (κ1) is 5.06. The van der Waals surface area contributed by atoms with Crippen LogP contribution < -0.4 is 0 Å². The summed E-state index contributed by atoms with van der Waals surface area (Å²) in [6.07, 6.45) is 0.856. The molecule has 7 heavy (non-hydrogen) atoms. The Morgan fingerprint density at radius 3 is 2.00 bits per heavy atom. The van der Waals surface area contributed by atoms with Gasteiger partial charge in [-0.3, -0.25) is 0 Å². The standard InChI is InChI=1S/C5H10O2/c1-5(7)2-4(6)3-5/h4,6-7H,2-3H2,1H3. The molecule has 0 radical (unpaired) electrons. The quantitative estimate of drug-likeness (QED) is 0.448. The molecule has 2 nitrogen and oxygen atoms in total. The normalized spacial score (nSPS) is 51.0. The minimum absolute atomic E-state index is 0.241. The third-order valence-corrected chi connectivity index (χ3v) is 1.35. The van der Waals surface area contributed by atoms with E-state index in [1.165, 1.54) is 0 Å². The molecule has 2 N–H and O–H groups in total. The van der Waals surface area contributed by atoms with Gasteiger partial charge in [0.15, 0.2) is 0 Å². The van der Waals surface area contributed by atoms with Gasteiger partial charge in [0, 0.05) is 12.8 Å². The molecule has 0 amide bonds. The van der Waals surface area contributed by atoms with Crippen molar-refractivity contribution in [1.82, 2.24) is 0 Å². The van der Waals surface area contributed by atoms with E-state index in [2.05, 4.69) is 0 Å². The molecule has 0 aromatic carbocycles. The zero-order valence-electron chi connectivity index (χ0n) is 4.39. The van der Waals surface area contributed by atoms with Crippen molar-refractivity contribution in [3.05, 3.63) is 0 Å². The van der Waals surface area contributed by atoms with Gasteiger partial charge in [-0.2, -0.15) is 0 Å². The summed E-state index contributed by atoms with van der Waals surface area (Å²) < 4.78 is 0. The van der Waals surface area contributed by atoms with E-state index in [1.807, 2.05) is 0 Å². The van der Waals surface area contributed by atoms with Gasteiger partial charge < -0.3 is 10.2 Å². The predicted octanol–water partition coefficient (Wildman–Crippen LogP) is -0.108. The summed E-state index contributed by atoms with van der Waals surface area (Å²) in [4.78, 5) is 0. The van der Waals surface area contributed by atoms with Crippen molar-refractivity contribution in [2.45, 2.75) is 31.5 Å². The molecule has 1 aliphatic rings. The molecule has 1 aliphatic carbocycles. The van der Waals surface area contributed by atoms with Crippen molar-refractivity contribution in [2.75, 3.05) is 0 Å². The summed E-state index contributed by atoms with van der Waals surface area (Å²) in [5.41, 5.74) is -0.556. The van der Waals surface area contributed by atoms with Crippen LogP contribution in [0.2, 0.25) is 0 Å². The molecular weight excluding hydrogens is 92.1 g/mol. The summed E-state index contributed by atoms with van der Waals surface area (Å²) in [7, 11) is 0. The Morgan fingerprint density at radius 1 is 1.57 bits per heavy atom. The number of aliphatic hydroxyl groups is 2. The van der Waals surface area contributed by atoms with Gasteiger partial charge in [-0.05, 0) is 6.92 Å². The molecular formula is C5H10O2. The van der Waals surface area contributed by atoms with Crippen LogP contribution in [0, 0.1) is 0 Å². The Bertz CT molecular complexity index is 70.1. The minimum atomic E-state index is -0.556. The third kappa shape index (κ3) is 0.924. The molecule has 0 aromatic rings. The number of rotatable bonds is 0. The monoisotopic (exact) mass is 102 g/mol. The molecule has 42 valence electrons. The van der Waals surface area contributed by atoms with Gasteiger partial charge in [0.25, 0.3) is 0 Å². The molecule has 0 aromatic heterocycles. The fourth-order valence-electron chi connectivity index (χ4n) is 0.955. The largest absolute Gasteiger partial charge is 0.393 e. The lowest BCUT2D eigenvalue weighted by atomic mass is 9.79. The molecule has 0 atom stereocenters. The van der Waals surface area contributed by atoms with Crippen LogP contribution in [-0.4, -0.2) is 21.9 Å². The average molecular weight is 102 g/mol. The first-order valence-corrected chi connectivity index (χ1v) is 2.51. The van der Waals surface area contributed by atoms with Gasteiger partial charge in [0.2, 0.25) is 0 Å². The number of aliphatic hydroxyl groups excluding tert-OH is 1. The number of hydrogen-bond donors (Lipinski definition) is 2. The fraction of sp³-hybridized carbons (Fsp3) is 1.00. The summed E-state index contributed by atoms with van der Waals surface area (Å²) in [5.74, 6) is 0. The van der Waals surface area contributed by atoms with E-state index in [1.54, 1.807) is 6.92 Å². The van der Waals surface area contributed by atoms with Crippen molar-refractivity contribution >= 4 is 0 Å². The first-order valence-electron chi connectivity index (χ1n) is 2.51. The fourth-order valence-corrected chi connectivity index (χ4v) is 0.955. The lowest BCUT2D eigenvalue weighted by molar-refractivity contribution is -0.0996. The highest BCUT2D eigenvalue weighted by molar-refractivity contribution is 4.89. The Balaban J connectivity index is 2.29. The van der Waals surface area contributed by atoms with Crippen LogP contribution in [0.15, 0.2) is 0 Å². The van der Waals surface area contributed by atoms with Crippen molar-refractivity contribution in [1.29, 1.82) is 0 Å². The molecule has 0 bridgehead atoms. The van der Waals surface area contributed by atoms with Crippen LogP contribution in [0.25, 0.3) is 0 Å². The highest BCUT2D eigenvalue weighted by Gasteiger charge is 2.36. The van der Waals surface area contributed by atoms with E-state index in [0.717, 1.165) is 0 Å². The molecule has 0 unspecified atom stereocenters. The average Bonchev–Trinajstić information content (AvgIpc) is 1.27. The third-order valence-electron chi connectivity index (χ3n) is 1.35. The molecule has 0 heterocycles. The van der Waals surface area contributed by atoms with E-state index in [0.29, 0.717) is 12.8 Å². The van der Waals surface area contributed by atoms with Crippen LogP contribution in [0.3, 0.4) is 0 Å². The second kappa shape index (κ2) is 1.20. The molecule has 1 rings (SSSR count). The van der Waals surface area contributed by atoms with E-state index in [-0.39, 0.29) is 6.10 Å². The predicted molar refractivity (Wildman–Crippen MR) is 25.9 cm³/mol. The second-order valence-corrected chi connectivity index (χ2v) is 2.56. The molecule has 0 spiro atoms. The van der Waals surface area contributed by atoms with E-state index in [9.17, 15) is 0 Å². The minimum Gasteiger partial charge on any atom is -0.393 e.